The van der Waals surface area contributed by atoms with Gasteiger partial charge in [-0.15, -0.1) is 0 Å². The Morgan fingerprint density at radius 2 is 2.05 bits per heavy atom. The van der Waals surface area contributed by atoms with Gasteiger partial charge in [-0.2, -0.15) is 0 Å². The Kier molecular flexibility index (Phi) is 4.61. The van der Waals surface area contributed by atoms with Crippen molar-refractivity contribution in [3.63, 3.8) is 0 Å². The minimum atomic E-state index is 0.627. The lowest BCUT2D eigenvalue weighted by Crippen LogP contribution is -2.17. The molecule has 0 saturated carbocycles. The van der Waals surface area contributed by atoms with Crippen LogP contribution >= 0.6 is 27.5 Å². The Morgan fingerprint density at radius 1 is 1.26 bits per heavy atom. The van der Waals surface area contributed by atoms with Gasteiger partial charge in [-0.25, -0.2) is 0 Å². The van der Waals surface area contributed by atoms with Crippen molar-refractivity contribution in [1.29, 1.82) is 0 Å². The summed E-state index contributed by atoms with van der Waals surface area (Å²) in [6, 6.07) is 13.4. The standard InChI is InChI=1S/C15H13BrClNO/c1-18(9-11-3-2-4-13(16)7-11)15-8-14(17)6-5-12(15)10-19/h2-8,10H,9H2,1H3. The van der Waals surface area contributed by atoms with Crippen LogP contribution in [0, 0.1) is 0 Å². The fraction of sp³-hybridized carbons (Fsp3) is 0.133. The number of benzene rings is 2. The summed E-state index contributed by atoms with van der Waals surface area (Å²) < 4.78 is 1.04. The molecule has 0 aliphatic carbocycles. The molecule has 2 aromatic carbocycles. The van der Waals surface area contributed by atoms with Gasteiger partial charge in [-0.1, -0.05) is 39.7 Å². The SMILES string of the molecule is CN(Cc1cccc(Br)c1)c1cc(Cl)ccc1C=O. The van der Waals surface area contributed by atoms with E-state index >= 15 is 0 Å². The number of carbonyl (C=O) groups is 1. The summed E-state index contributed by atoms with van der Waals surface area (Å²) in [5, 5.41) is 0.627. The van der Waals surface area contributed by atoms with Crippen LogP contribution < -0.4 is 4.90 Å². The predicted molar refractivity (Wildman–Crippen MR) is 83.1 cm³/mol. The molecule has 0 amide bonds. The Hall–Kier alpha value is -1.32. The molecule has 0 unspecified atom stereocenters. The highest BCUT2D eigenvalue weighted by molar-refractivity contribution is 9.10. The molecule has 0 aromatic heterocycles. The summed E-state index contributed by atoms with van der Waals surface area (Å²) in [5.41, 5.74) is 2.64. The largest absolute Gasteiger partial charge is 0.370 e. The molecule has 0 aliphatic heterocycles. The third-order valence-electron chi connectivity index (χ3n) is 2.84. The Bertz CT molecular complexity index is 600. The molecule has 2 aromatic rings. The molecule has 0 spiro atoms. The normalized spacial score (nSPS) is 10.3. The van der Waals surface area contributed by atoms with Crippen LogP contribution in [0.3, 0.4) is 0 Å². The van der Waals surface area contributed by atoms with Crippen LogP contribution in [0.2, 0.25) is 5.02 Å². The van der Waals surface area contributed by atoms with E-state index in [-0.39, 0.29) is 0 Å². The zero-order valence-corrected chi connectivity index (χ0v) is 12.8. The number of aldehydes is 1. The number of halogens is 2. The second kappa shape index (κ2) is 6.22. The van der Waals surface area contributed by atoms with Crippen molar-refractivity contribution < 1.29 is 4.79 Å². The number of rotatable bonds is 4. The van der Waals surface area contributed by atoms with Gasteiger partial charge in [0.05, 0.1) is 0 Å². The molecule has 0 heterocycles. The monoisotopic (exact) mass is 337 g/mol. The average Bonchev–Trinajstić information content (AvgIpc) is 2.38. The third-order valence-corrected chi connectivity index (χ3v) is 3.57. The molecule has 0 saturated heterocycles. The van der Waals surface area contributed by atoms with Crippen molar-refractivity contribution in [3.05, 3.63) is 63.1 Å². The van der Waals surface area contributed by atoms with Crippen molar-refractivity contribution >= 4 is 39.5 Å². The number of anilines is 1. The van der Waals surface area contributed by atoms with E-state index in [9.17, 15) is 4.79 Å². The molecule has 98 valence electrons. The summed E-state index contributed by atoms with van der Waals surface area (Å²) in [5.74, 6) is 0. The predicted octanol–water partition coefficient (Wildman–Crippen LogP) is 4.55. The minimum absolute atomic E-state index is 0.627. The second-order valence-electron chi connectivity index (χ2n) is 4.31. The second-order valence-corrected chi connectivity index (χ2v) is 5.66. The first-order valence-corrected chi connectivity index (χ1v) is 6.97. The third kappa shape index (κ3) is 3.58. The van der Waals surface area contributed by atoms with Crippen molar-refractivity contribution in [2.24, 2.45) is 0 Å². The fourth-order valence-corrected chi connectivity index (χ4v) is 2.55. The van der Waals surface area contributed by atoms with E-state index in [0.29, 0.717) is 17.1 Å². The maximum absolute atomic E-state index is 11.1. The maximum atomic E-state index is 11.1. The zero-order valence-electron chi connectivity index (χ0n) is 10.4. The lowest BCUT2D eigenvalue weighted by atomic mass is 10.1. The molecule has 19 heavy (non-hydrogen) atoms. The first kappa shape index (κ1) is 14.1. The van der Waals surface area contributed by atoms with Crippen molar-refractivity contribution in [2.75, 3.05) is 11.9 Å². The molecule has 2 rings (SSSR count). The molecule has 0 radical (unpaired) electrons. The van der Waals surface area contributed by atoms with Gasteiger partial charge in [-0.3, -0.25) is 4.79 Å². The zero-order chi connectivity index (χ0) is 13.8. The molecule has 0 N–H and O–H groups in total. The smallest absolute Gasteiger partial charge is 0.152 e. The van der Waals surface area contributed by atoms with Gasteiger partial charge in [0, 0.05) is 34.3 Å². The Labute approximate surface area is 126 Å². The van der Waals surface area contributed by atoms with E-state index in [1.165, 1.54) is 0 Å². The van der Waals surface area contributed by atoms with E-state index in [4.69, 9.17) is 11.6 Å². The van der Waals surface area contributed by atoms with E-state index in [1.54, 1.807) is 12.1 Å². The first-order chi connectivity index (χ1) is 9.10. The summed E-state index contributed by atoms with van der Waals surface area (Å²) in [4.78, 5) is 13.1. The van der Waals surface area contributed by atoms with Gasteiger partial charge < -0.3 is 4.90 Å². The van der Waals surface area contributed by atoms with E-state index in [1.807, 2.05) is 36.2 Å². The molecule has 2 nitrogen and oxygen atoms in total. The van der Waals surface area contributed by atoms with Gasteiger partial charge in [-0.05, 0) is 35.9 Å². The Balaban J connectivity index is 2.26. The number of carbonyl (C=O) groups excluding carboxylic acids is 1. The fourth-order valence-electron chi connectivity index (χ4n) is 1.94. The highest BCUT2D eigenvalue weighted by atomic mass is 79.9. The average molecular weight is 339 g/mol. The van der Waals surface area contributed by atoms with Crippen LogP contribution in [0.15, 0.2) is 46.9 Å². The van der Waals surface area contributed by atoms with Gasteiger partial charge in [0.25, 0.3) is 0 Å². The lowest BCUT2D eigenvalue weighted by molar-refractivity contribution is 0.112. The van der Waals surface area contributed by atoms with E-state index in [2.05, 4.69) is 22.0 Å². The summed E-state index contributed by atoms with van der Waals surface area (Å²) in [6.45, 7) is 0.709. The Morgan fingerprint density at radius 3 is 2.74 bits per heavy atom. The summed E-state index contributed by atoms with van der Waals surface area (Å²) >= 11 is 9.45. The summed E-state index contributed by atoms with van der Waals surface area (Å²) in [7, 11) is 1.94. The van der Waals surface area contributed by atoms with Gasteiger partial charge in [0.1, 0.15) is 0 Å². The van der Waals surface area contributed by atoms with Crippen LogP contribution in [0.25, 0.3) is 0 Å². The molecule has 0 bridgehead atoms. The topological polar surface area (TPSA) is 20.3 Å². The highest BCUT2D eigenvalue weighted by Crippen LogP contribution is 2.24. The molecular formula is C15H13BrClNO. The molecule has 4 heteroatoms. The maximum Gasteiger partial charge on any atom is 0.152 e. The number of hydrogen-bond donors (Lipinski definition) is 0. The van der Waals surface area contributed by atoms with Crippen molar-refractivity contribution in [2.45, 2.75) is 6.54 Å². The van der Waals surface area contributed by atoms with E-state index < -0.39 is 0 Å². The van der Waals surface area contributed by atoms with Crippen LogP contribution in [0.1, 0.15) is 15.9 Å². The van der Waals surface area contributed by atoms with Crippen LogP contribution in [0.4, 0.5) is 5.69 Å². The van der Waals surface area contributed by atoms with Gasteiger partial charge in [0.2, 0.25) is 0 Å². The summed E-state index contributed by atoms with van der Waals surface area (Å²) in [6.07, 6.45) is 0.850. The van der Waals surface area contributed by atoms with Crippen LogP contribution in [-0.2, 0) is 6.54 Å². The number of hydrogen-bond acceptors (Lipinski definition) is 2. The van der Waals surface area contributed by atoms with Crippen LogP contribution in [-0.4, -0.2) is 13.3 Å². The molecule has 0 fully saturated rings. The molecule has 0 atom stereocenters. The van der Waals surface area contributed by atoms with Gasteiger partial charge in [0.15, 0.2) is 6.29 Å². The minimum Gasteiger partial charge on any atom is -0.370 e. The number of nitrogens with zero attached hydrogens (tertiary/aromatic N) is 1. The van der Waals surface area contributed by atoms with Crippen molar-refractivity contribution in [3.8, 4) is 0 Å². The van der Waals surface area contributed by atoms with E-state index in [0.717, 1.165) is 22.0 Å². The van der Waals surface area contributed by atoms with Crippen molar-refractivity contribution in [1.82, 2.24) is 0 Å². The quantitative estimate of drug-likeness (QED) is 0.762. The first-order valence-electron chi connectivity index (χ1n) is 5.80. The highest BCUT2D eigenvalue weighted by Gasteiger charge is 2.08. The lowest BCUT2D eigenvalue weighted by Gasteiger charge is -2.21. The van der Waals surface area contributed by atoms with Gasteiger partial charge >= 0.3 is 0 Å². The molecule has 0 aliphatic rings. The molecular weight excluding hydrogens is 326 g/mol. The van der Waals surface area contributed by atoms with Crippen LogP contribution in [0.5, 0.6) is 0 Å².